The van der Waals surface area contributed by atoms with Crippen LogP contribution in [0.5, 0.6) is 0 Å². The first-order valence-electron chi connectivity index (χ1n) is 5.80. The highest BCUT2D eigenvalue weighted by atomic mass is 16.4. The van der Waals surface area contributed by atoms with Gasteiger partial charge in [-0.2, -0.15) is 0 Å². The van der Waals surface area contributed by atoms with E-state index < -0.39 is 12.0 Å². The molecule has 0 radical (unpaired) electrons. The Bertz CT molecular complexity index is 266. The minimum absolute atomic E-state index is 0.0504. The molecule has 0 aliphatic carbocycles. The summed E-state index contributed by atoms with van der Waals surface area (Å²) in [5.74, 6) is -0.941. The monoisotopic (exact) mass is 228 g/mol. The van der Waals surface area contributed by atoms with Crippen molar-refractivity contribution >= 4 is 11.9 Å². The zero-order valence-corrected chi connectivity index (χ0v) is 9.69. The van der Waals surface area contributed by atoms with Crippen molar-refractivity contribution < 1.29 is 14.7 Å². The fourth-order valence-corrected chi connectivity index (χ4v) is 2.04. The number of carboxylic acids is 1. The summed E-state index contributed by atoms with van der Waals surface area (Å²) in [4.78, 5) is 24.1. The Balaban J connectivity index is 2.38. The van der Waals surface area contributed by atoms with Crippen molar-refractivity contribution in [1.29, 1.82) is 0 Å². The molecule has 1 amide bonds. The van der Waals surface area contributed by atoms with Crippen LogP contribution in [0.2, 0.25) is 0 Å². The zero-order chi connectivity index (χ0) is 12.1. The number of aliphatic carboxylic acids is 1. The van der Waals surface area contributed by atoms with Gasteiger partial charge in [0.15, 0.2) is 0 Å². The van der Waals surface area contributed by atoms with Gasteiger partial charge in [-0.1, -0.05) is 0 Å². The van der Waals surface area contributed by atoms with E-state index in [1.807, 2.05) is 6.92 Å². The molecule has 3 N–H and O–H groups in total. The maximum absolute atomic E-state index is 11.8. The lowest BCUT2D eigenvalue weighted by Gasteiger charge is -2.21. The van der Waals surface area contributed by atoms with Crippen molar-refractivity contribution in [3.05, 3.63) is 0 Å². The number of hydrogen-bond donors (Lipinski definition) is 2. The van der Waals surface area contributed by atoms with Crippen LogP contribution in [0.1, 0.15) is 39.0 Å². The molecule has 1 rings (SSSR count). The number of nitrogens with zero attached hydrogens (tertiary/aromatic N) is 1. The molecule has 0 bridgehead atoms. The van der Waals surface area contributed by atoms with Crippen LogP contribution in [0.25, 0.3) is 0 Å². The molecule has 0 aromatic heterocycles. The molecule has 0 spiro atoms. The van der Waals surface area contributed by atoms with Gasteiger partial charge < -0.3 is 15.7 Å². The highest BCUT2D eigenvalue weighted by Crippen LogP contribution is 2.19. The summed E-state index contributed by atoms with van der Waals surface area (Å²) < 4.78 is 0. The van der Waals surface area contributed by atoms with Crippen LogP contribution in [0, 0.1) is 0 Å². The van der Waals surface area contributed by atoms with Crippen molar-refractivity contribution in [2.24, 2.45) is 5.73 Å². The zero-order valence-electron chi connectivity index (χ0n) is 9.69. The molecule has 92 valence electrons. The summed E-state index contributed by atoms with van der Waals surface area (Å²) in [5.41, 5.74) is 5.59. The van der Waals surface area contributed by atoms with Gasteiger partial charge in [-0.05, 0) is 32.6 Å². The maximum Gasteiger partial charge on any atom is 0.326 e. The SMILES string of the molecule is CC(N)CCCC(=O)N1CCC[C@H]1C(=O)O. The lowest BCUT2D eigenvalue weighted by molar-refractivity contribution is -0.148. The molecule has 1 heterocycles. The van der Waals surface area contributed by atoms with Crippen molar-refractivity contribution in [2.75, 3.05) is 6.54 Å². The van der Waals surface area contributed by atoms with E-state index in [1.54, 1.807) is 0 Å². The summed E-state index contributed by atoms with van der Waals surface area (Å²) in [7, 11) is 0. The first-order valence-corrected chi connectivity index (χ1v) is 5.80. The number of amides is 1. The number of carbonyl (C=O) groups excluding carboxylic acids is 1. The lowest BCUT2D eigenvalue weighted by Crippen LogP contribution is -2.40. The lowest BCUT2D eigenvalue weighted by atomic mass is 10.1. The van der Waals surface area contributed by atoms with Crippen LogP contribution in [0.4, 0.5) is 0 Å². The van der Waals surface area contributed by atoms with Gasteiger partial charge in [-0.3, -0.25) is 4.79 Å². The van der Waals surface area contributed by atoms with E-state index in [1.165, 1.54) is 4.90 Å². The Morgan fingerprint density at radius 3 is 2.81 bits per heavy atom. The summed E-state index contributed by atoms with van der Waals surface area (Å²) in [6.07, 6.45) is 3.31. The average molecular weight is 228 g/mol. The normalized spacial score (nSPS) is 22.1. The molecular formula is C11H20N2O3. The third-order valence-electron chi connectivity index (χ3n) is 2.91. The summed E-state index contributed by atoms with van der Waals surface area (Å²) >= 11 is 0. The fraction of sp³-hybridized carbons (Fsp3) is 0.818. The van der Waals surface area contributed by atoms with Crippen LogP contribution < -0.4 is 5.73 Å². The van der Waals surface area contributed by atoms with Crippen LogP contribution in [0.3, 0.4) is 0 Å². The molecule has 1 aliphatic rings. The molecule has 1 unspecified atom stereocenters. The van der Waals surface area contributed by atoms with E-state index in [0.717, 1.165) is 19.3 Å². The number of likely N-dealkylation sites (tertiary alicyclic amines) is 1. The molecule has 2 atom stereocenters. The molecule has 1 fully saturated rings. The van der Waals surface area contributed by atoms with E-state index in [4.69, 9.17) is 10.8 Å². The molecule has 16 heavy (non-hydrogen) atoms. The molecule has 0 saturated carbocycles. The Morgan fingerprint density at radius 1 is 1.56 bits per heavy atom. The predicted molar refractivity (Wildman–Crippen MR) is 59.9 cm³/mol. The first kappa shape index (κ1) is 13.0. The number of hydrogen-bond acceptors (Lipinski definition) is 3. The van der Waals surface area contributed by atoms with Gasteiger partial charge in [0.1, 0.15) is 6.04 Å². The van der Waals surface area contributed by atoms with Gasteiger partial charge in [0, 0.05) is 19.0 Å². The number of carboxylic acid groups (broad SMARTS) is 1. The molecule has 1 saturated heterocycles. The summed E-state index contributed by atoms with van der Waals surface area (Å²) in [6.45, 7) is 2.48. The van der Waals surface area contributed by atoms with Gasteiger partial charge in [-0.15, -0.1) is 0 Å². The second kappa shape index (κ2) is 5.84. The maximum atomic E-state index is 11.8. The minimum Gasteiger partial charge on any atom is -0.480 e. The van der Waals surface area contributed by atoms with Gasteiger partial charge in [-0.25, -0.2) is 4.79 Å². The van der Waals surface area contributed by atoms with Crippen LogP contribution in [-0.4, -0.2) is 40.5 Å². The summed E-state index contributed by atoms with van der Waals surface area (Å²) in [6, 6.07) is -0.510. The van der Waals surface area contributed by atoms with E-state index in [-0.39, 0.29) is 11.9 Å². The van der Waals surface area contributed by atoms with Crippen molar-refractivity contribution in [1.82, 2.24) is 4.90 Å². The molecule has 5 heteroatoms. The standard InChI is InChI=1S/C11H20N2O3/c1-8(12)4-2-6-10(14)13-7-3-5-9(13)11(15)16/h8-9H,2-7,12H2,1H3,(H,15,16)/t8?,9-/m0/s1. The topological polar surface area (TPSA) is 83.6 Å². The highest BCUT2D eigenvalue weighted by molar-refractivity contribution is 5.84. The molecule has 1 aliphatic heterocycles. The highest BCUT2D eigenvalue weighted by Gasteiger charge is 2.33. The minimum atomic E-state index is -0.891. The van der Waals surface area contributed by atoms with Crippen LogP contribution in [-0.2, 0) is 9.59 Å². The summed E-state index contributed by atoms with van der Waals surface area (Å²) in [5, 5.41) is 8.93. The van der Waals surface area contributed by atoms with Gasteiger partial charge >= 0.3 is 5.97 Å². The third-order valence-corrected chi connectivity index (χ3v) is 2.91. The van der Waals surface area contributed by atoms with Crippen molar-refractivity contribution in [3.63, 3.8) is 0 Å². The Morgan fingerprint density at radius 2 is 2.25 bits per heavy atom. The Kier molecular flexibility index (Phi) is 4.73. The fourth-order valence-electron chi connectivity index (χ4n) is 2.04. The quantitative estimate of drug-likeness (QED) is 0.721. The smallest absolute Gasteiger partial charge is 0.326 e. The second-order valence-electron chi connectivity index (χ2n) is 4.45. The van der Waals surface area contributed by atoms with Crippen LogP contribution >= 0.6 is 0 Å². The third kappa shape index (κ3) is 3.48. The predicted octanol–water partition coefficient (Wildman–Crippen LogP) is 0.580. The van der Waals surface area contributed by atoms with E-state index >= 15 is 0 Å². The Hall–Kier alpha value is -1.10. The molecule has 0 aromatic rings. The second-order valence-corrected chi connectivity index (χ2v) is 4.45. The molecular weight excluding hydrogens is 208 g/mol. The largest absolute Gasteiger partial charge is 0.480 e. The van der Waals surface area contributed by atoms with Gasteiger partial charge in [0.2, 0.25) is 5.91 Å². The number of nitrogens with two attached hydrogens (primary N) is 1. The van der Waals surface area contributed by atoms with Crippen LogP contribution in [0.15, 0.2) is 0 Å². The van der Waals surface area contributed by atoms with E-state index in [0.29, 0.717) is 19.4 Å². The van der Waals surface area contributed by atoms with Gasteiger partial charge in [0.05, 0.1) is 0 Å². The number of rotatable bonds is 5. The van der Waals surface area contributed by atoms with Gasteiger partial charge in [0.25, 0.3) is 0 Å². The van der Waals surface area contributed by atoms with E-state index in [9.17, 15) is 9.59 Å². The first-order chi connectivity index (χ1) is 7.52. The Labute approximate surface area is 95.6 Å². The molecule has 5 nitrogen and oxygen atoms in total. The molecule has 0 aromatic carbocycles. The van der Waals surface area contributed by atoms with E-state index in [2.05, 4.69) is 0 Å². The van der Waals surface area contributed by atoms with Crippen molar-refractivity contribution in [3.8, 4) is 0 Å². The average Bonchev–Trinajstić information content (AvgIpc) is 2.65. The van der Waals surface area contributed by atoms with Crippen molar-refractivity contribution in [2.45, 2.75) is 51.1 Å². The number of carbonyl (C=O) groups is 2.